The lowest BCUT2D eigenvalue weighted by Gasteiger charge is -2.15. The van der Waals surface area contributed by atoms with E-state index in [1.54, 1.807) is 24.3 Å². The average Bonchev–Trinajstić information content (AvgIpc) is 2.58. The lowest BCUT2D eigenvalue weighted by atomic mass is 10.1. The predicted octanol–water partition coefficient (Wildman–Crippen LogP) is 3.76. The van der Waals surface area contributed by atoms with Gasteiger partial charge in [-0.25, -0.2) is 0 Å². The van der Waals surface area contributed by atoms with Gasteiger partial charge in [0.15, 0.2) is 4.77 Å². The van der Waals surface area contributed by atoms with Crippen molar-refractivity contribution < 1.29 is 9.90 Å². The normalized spacial score (nSPS) is 11.7. The van der Waals surface area contributed by atoms with Crippen LogP contribution in [-0.4, -0.2) is 26.3 Å². The minimum absolute atomic E-state index is 0.123. The van der Waals surface area contributed by atoms with Gasteiger partial charge in [-0.1, -0.05) is 20.8 Å². The van der Waals surface area contributed by atoms with E-state index >= 15 is 0 Å². The topological polar surface area (TPSA) is 99.5 Å². The summed E-state index contributed by atoms with van der Waals surface area (Å²) >= 11 is 5.18. The van der Waals surface area contributed by atoms with Crippen LogP contribution in [0.2, 0.25) is 0 Å². The monoisotopic (exact) mass is 388 g/mol. The summed E-state index contributed by atoms with van der Waals surface area (Å²) in [6.07, 6.45) is 0.447. The molecule has 0 bridgehead atoms. The summed E-state index contributed by atoms with van der Waals surface area (Å²) < 4.78 is 1.70. The number of amides is 1. The van der Waals surface area contributed by atoms with Gasteiger partial charge in [0.1, 0.15) is 5.56 Å². The molecule has 0 unspecified atom stereocenters. The Labute approximate surface area is 162 Å². The number of hydrogen-bond donors (Lipinski definition) is 3. The largest absolute Gasteiger partial charge is 0.494 e. The van der Waals surface area contributed by atoms with Crippen LogP contribution in [0.1, 0.15) is 39.7 Å². The van der Waals surface area contributed by atoms with Crippen molar-refractivity contribution >= 4 is 35.2 Å². The Morgan fingerprint density at radius 1 is 1.33 bits per heavy atom. The van der Waals surface area contributed by atoms with Crippen LogP contribution < -0.4 is 10.9 Å². The second-order valence-electron chi connectivity index (χ2n) is 6.60. The third-order valence-electron chi connectivity index (χ3n) is 3.79. The fourth-order valence-corrected chi connectivity index (χ4v) is 2.90. The maximum Gasteiger partial charge on any atom is 0.264 e. The second kappa shape index (κ2) is 8.77. The number of carbonyl (C=O) groups is 1. The molecule has 2 rings (SSSR count). The molecule has 0 fully saturated rings. The van der Waals surface area contributed by atoms with E-state index in [1.165, 1.54) is 11.5 Å². The van der Waals surface area contributed by atoms with Crippen molar-refractivity contribution in [3.8, 4) is 5.88 Å². The van der Waals surface area contributed by atoms with Gasteiger partial charge in [-0.05, 0) is 48.8 Å². The first kappa shape index (κ1) is 20.6. The minimum Gasteiger partial charge on any atom is -0.494 e. The number of hydrogen-bond acceptors (Lipinski definition) is 5. The number of aromatic nitrogens is 2. The lowest BCUT2D eigenvalue weighted by Crippen LogP contribution is -2.23. The summed E-state index contributed by atoms with van der Waals surface area (Å²) in [7, 11) is 0. The average molecular weight is 388 g/mol. The molecule has 27 heavy (non-hydrogen) atoms. The van der Waals surface area contributed by atoms with E-state index in [2.05, 4.69) is 15.3 Å². The smallest absolute Gasteiger partial charge is 0.264 e. The van der Waals surface area contributed by atoms with Crippen molar-refractivity contribution in [2.45, 2.75) is 40.7 Å². The maximum atomic E-state index is 12.4. The number of aromatic amines is 1. The molecular formula is C19H24N4O3S. The number of aromatic hydroxyl groups is 1. The molecule has 0 aliphatic carbocycles. The van der Waals surface area contributed by atoms with Gasteiger partial charge in [0, 0.05) is 19.2 Å². The molecule has 0 saturated carbocycles. The number of H-pyrrole nitrogens is 1. The van der Waals surface area contributed by atoms with E-state index in [1.807, 2.05) is 20.8 Å². The Morgan fingerprint density at radius 2 is 1.96 bits per heavy atom. The van der Waals surface area contributed by atoms with Gasteiger partial charge in [0.2, 0.25) is 11.8 Å². The third kappa shape index (κ3) is 5.13. The number of nitrogens with zero attached hydrogens (tertiary/aromatic N) is 2. The summed E-state index contributed by atoms with van der Waals surface area (Å²) in [5.74, 6) is -0.0896. The van der Waals surface area contributed by atoms with Crippen molar-refractivity contribution in [1.82, 2.24) is 9.55 Å². The first-order valence-corrected chi connectivity index (χ1v) is 9.15. The van der Waals surface area contributed by atoms with E-state index in [0.717, 1.165) is 0 Å². The fourth-order valence-electron chi connectivity index (χ4n) is 2.64. The summed E-state index contributed by atoms with van der Waals surface area (Å²) in [6.45, 7) is 7.77. The van der Waals surface area contributed by atoms with Crippen LogP contribution >= 0.6 is 12.2 Å². The zero-order valence-corrected chi connectivity index (χ0v) is 16.7. The summed E-state index contributed by atoms with van der Waals surface area (Å²) in [5.41, 5.74) is 1.38. The molecule has 1 aromatic carbocycles. The first-order valence-electron chi connectivity index (χ1n) is 8.74. The zero-order chi connectivity index (χ0) is 20.1. The number of nitrogens with one attached hydrogen (secondary N) is 2. The first-order chi connectivity index (χ1) is 12.7. The van der Waals surface area contributed by atoms with Gasteiger partial charge in [0.25, 0.3) is 5.56 Å². The number of aliphatic imine (C=N–C) groups is 1. The van der Waals surface area contributed by atoms with Gasteiger partial charge >= 0.3 is 0 Å². The second-order valence-corrected chi connectivity index (χ2v) is 6.99. The van der Waals surface area contributed by atoms with Crippen molar-refractivity contribution in [2.75, 3.05) is 5.32 Å². The molecule has 3 N–H and O–H groups in total. The van der Waals surface area contributed by atoms with E-state index in [9.17, 15) is 14.7 Å². The third-order valence-corrected chi connectivity index (χ3v) is 4.12. The Kier molecular flexibility index (Phi) is 6.68. The predicted molar refractivity (Wildman–Crippen MR) is 110 cm³/mol. The molecule has 0 radical (unpaired) electrons. The molecule has 1 aromatic heterocycles. The summed E-state index contributed by atoms with van der Waals surface area (Å²) in [5, 5.41) is 13.4. The van der Waals surface area contributed by atoms with Crippen LogP contribution in [-0.2, 0) is 11.3 Å². The number of benzene rings is 1. The fraction of sp³-hybridized carbons (Fsp3) is 0.368. The summed E-state index contributed by atoms with van der Waals surface area (Å²) in [4.78, 5) is 30.7. The van der Waals surface area contributed by atoms with E-state index < -0.39 is 5.56 Å². The van der Waals surface area contributed by atoms with Crippen LogP contribution in [0.3, 0.4) is 0 Å². The van der Waals surface area contributed by atoms with Crippen LogP contribution in [0.4, 0.5) is 11.4 Å². The quantitative estimate of drug-likeness (QED) is 0.518. The number of anilines is 1. The molecule has 144 valence electrons. The SMILES string of the molecule is CCC(=Nc1ccc(NC(C)=O)cc1)c1c(O)n(CC(C)C)c(=S)[nH]c1=O. The molecule has 7 nitrogen and oxygen atoms in total. The minimum atomic E-state index is -0.465. The van der Waals surface area contributed by atoms with Crippen LogP contribution in [0.25, 0.3) is 0 Å². The Balaban J connectivity index is 2.50. The Morgan fingerprint density at radius 3 is 2.48 bits per heavy atom. The van der Waals surface area contributed by atoms with Crippen LogP contribution in [0.5, 0.6) is 5.88 Å². The molecular weight excluding hydrogens is 364 g/mol. The van der Waals surface area contributed by atoms with E-state index in [0.29, 0.717) is 30.1 Å². The number of carbonyl (C=O) groups excluding carboxylic acids is 1. The molecule has 8 heteroatoms. The maximum absolute atomic E-state index is 12.4. The van der Waals surface area contributed by atoms with Gasteiger partial charge in [-0.3, -0.25) is 24.1 Å². The highest BCUT2D eigenvalue weighted by atomic mass is 32.1. The van der Waals surface area contributed by atoms with E-state index in [4.69, 9.17) is 12.2 Å². The highest BCUT2D eigenvalue weighted by Gasteiger charge is 2.18. The number of rotatable bonds is 6. The molecule has 0 atom stereocenters. The van der Waals surface area contributed by atoms with Crippen molar-refractivity contribution in [1.29, 1.82) is 0 Å². The molecule has 0 aliphatic heterocycles. The molecule has 2 aromatic rings. The van der Waals surface area contributed by atoms with Crippen LogP contribution in [0.15, 0.2) is 34.1 Å². The molecule has 1 heterocycles. The van der Waals surface area contributed by atoms with Crippen molar-refractivity contribution in [2.24, 2.45) is 10.9 Å². The van der Waals surface area contributed by atoms with Crippen molar-refractivity contribution in [3.05, 3.63) is 45.0 Å². The van der Waals surface area contributed by atoms with Gasteiger partial charge < -0.3 is 10.4 Å². The van der Waals surface area contributed by atoms with Gasteiger partial charge in [-0.15, -0.1) is 0 Å². The van der Waals surface area contributed by atoms with Gasteiger partial charge in [0.05, 0.1) is 11.4 Å². The van der Waals surface area contributed by atoms with Crippen molar-refractivity contribution in [3.63, 3.8) is 0 Å². The zero-order valence-electron chi connectivity index (χ0n) is 15.9. The highest BCUT2D eigenvalue weighted by molar-refractivity contribution is 7.71. The molecule has 0 saturated heterocycles. The van der Waals surface area contributed by atoms with Crippen LogP contribution in [0, 0.1) is 10.7 Å². The molecule has 0 spiro atoms. The molecule has 1 amide bonds. The summed E-state index contributed by atoms with van der Waals surface area (Å²) in [6, 6.07) is 6.91. The Bertz CT molecular complexity index is 972. The standard InChI is InChI=1S/C19H24N4O3S/c1-5-15(21-14-8-6-13(7-9-14)20-12(4)24)16-17(25)22-19(27)23(18(16)26)10-11(2)3/h6-9,11,26H,5,10H2,1-4H3,(H,20,24)(H,22,25,27). The van der Waals surface area contributed by atoms with Gasteiger partial charge in [-0.2, -0.15) is 0 Å². The Hall–Kier alpha value is -2.74. The molecule has 0 aliphatic rings. The lowest BCUT2D eigenvalue weighted by molar-refractivity contribution is -0.114. The highest BCUT2D eigenvalue weighted by Crippen LogP contribution is 2.22. The van der Waals surface area contributed by atoms with E-state index in [-0.39, 0.29) is 28.0 Å².